The number of Topliss-reactive ketones (excluding diaryl/α,β-unsaturated/α-hetero) is 1. The Hall–Kier alpha value is -1.23. The van der Waals surface area contributed by atoms with Gasteiger partial charge in [0.05, 0.1) is 6.04 Å². The van der Waals surface area contributed by atoms with Gasteiger partial charge in [-0.3, -0.25) is 19.7 Å². The maximum atomic E-state index is 12.4. The van der Waals surface area contributed by atoms with Crippen LogP contribution in [0.5, 0.6) is 0 Å². The predicted octanol–water partition coefficient (Wildman–Crippen LogP) is 1.01. The number of hydrogen-bond acceptors (Lipinski definition) is 4. The lowest BCUT2D eigenvalue weighted by Gasteiger charge is -2.29. The van der Waals surface area contributed by atoms with E-state index in [1.54, 1.807) is 13.8 Å². The molecule has 0 aromatic carbocycles. The van der Waals surface area contributed by atoms with Gasteiger partial charge in [0.15, 0.2) is 5.78 Å². The Balaban J connectivity index is 2.74. The van der Waals surface area contributed by atoms with E-state index in [1.807, 2.05) is 0 Å². The first kappa shape index (κ1) is 15.8. The molecule has 108 valence electrons. The molecule has 1 rings (SSSR count). The van der Waals surface area contributed by atoms with E-state index in [2.05, 4.69) is 5.32 Å². The monoisotopic (exact) mass is 268 g/mol. The predicted molar refractivity (Wildman–Crippen MR) is 72.1 cm³/mol. The highest BCUT2D eigenvalue weighted by atomic mass is 16.2. The number of carbonyl (C=O) groups is 3. The molecule has 0 spiro atoms. The minimum Gasteiger partial charge on any atom is -0.321 e. The van der Waals surface area contributed by atoms with Gasteiger partial charge in [-0.2, -0.15) is 0 Å². The second-order valence-electron chi connectivity index (χ2n) is 5.67. The zero-order valence-corrected chi connectivity index (χ0v) is 11.7. The van der Waals surface area contributed by atoms with Crippen LogP contribution < -0.4 is 11.1 Å². The van der Waals surface area contributed by atoms with Crippen LogP contribution in [0.3, 0.4) is 0 Å². The fraction of sp³-hybridized carbons (Fsp3) is 0.786. The summed E-state index contributed by atoms with van der Waals surface area (Å²) in [6.45, 7) is 3.58. The number of carbonyl (C=O) groups excluding carboxylic acids is 3. The van der Waals surface area contributed by atoms with Gasteiger partial charge in [0.2, 0.25) is 12.3 Å². The van der Waals surface area contributed by atoms with Gasteiger partial charge in [-0.05, 0) is 24.7 Å². The molecule has 5 heteroatoms. The highest BCUT2D eigenvalue weighted by Crippen LogP contribution is 2.28. The zero-order valence-electron chi connectivity index (χ0n) is 11.7. The average Bonchev–Trinajstić information content (AvgIpc) is 2.38. The Labute approximate surface area is 114 Å². The number of hydrogen-bond donors (Lipinski definition) is 2. The third kappa shape index (κ3) is 4.13. The molecule has 0 saturated heterocycles. The Morgan fingerprint density at radius 2 is 1.79 bits per heavy atom. The van der Waals surface area contributed by atoms with Crippen LogP contribution in [0, 0.1) is 17.8 Å². The molecule has 0 heterocycles. The maximum Gasteiger partial charge on any atom is 0.237 e. The van der Waals surface area contributed by atoms with Gasteiger partial charge in [-0.1, -0.05) is 33.1 Å². The van der Waals surface area contributed by atoms with Crippen molar-refractivity contribution < 1.29 is 14.4 Å². The van der Waals surface area contributed by atoms with Crippen LogP contribution in [0.1, 0.15) is 46.0 Å². The Morgan fingerprint density at radius 1 is 1.21 bits per heavy atom. The first-order valence-electron chi connectivity index (χ1n) is 7.02. The fourth-order valence-corrected chi connectivity index (χ4v) is 2.84. The summed E-state index contributed by atoms with van der Waals surface area (Å²) in [5.41, 5.74) is 6.05. The molecule has 3 N–H and O–H groups in total. The Morgan fingerprint density at radius 3 is 2.26 bits per heavy atom. The molecule has 5 nitrogen and oxygen atoms in total. The summed E-state index contributed by atoms with van der Waals surface area (Å²) in [5.74, 6) is -1.60. The topological polar surface area (TPSA) is 89.3 Å². The van der Waals surface area contributed by atoms with Crippen LogP contribution in [0.2, 0.25) is 0 Å². The van der Waals surface area contributed by atoms with E-state index in [-0.39, 0.29) is 17.6 Å². The second-order valence-corrected chi connectivity index (χ2v) is 5.67. The van der Waals surface area contributed by atoms with E-state index in [9.17, 15) is 14.4 Å². The Kier molecular flexibility index (Phi) is 6.15. The summed E-state index contributed by atoms with van der Waals surface area (Å²) in [6, 6.07) is -0.592. The highest BCUT2D eigenvalue weighted by molar-refractivity contribution is 6.06. The normalized spacial score (nSPS) is 19.8. The maximum absolute atomic E-state index is 12.4. The van der Waals surface area contributed by atoms with E-state index in [0.717, 1.165) is 25.7 Å². The largest absolute Gasteiger partial charge is 0.321 e. The molecule has 1 aliphatic rings. The Bertz CT molecular complexity index is 336. The summed E-state index contributed by atoms with van der Waals surface area (Å²) in [7, 11) is 0. The van der Waals surface area contributed by atoms with Gasteiger partial charge in [0, 0.05) is 0 Å². The number of nitrogens with two attached hydrogens (primary N) is 1. The molecule has 2 amide bonds. The SMILES string of the molecule is CC(C)[C@@H](C(=O)NC=O)C(=O)[C@@H](N)C1CCCCC1. The van der Waals surface area contributed by atoms with E-state index < -0.39 is 17.9 Å². The molecule has 0 aromatic rings. The summed E-state index contributed by atoms with van der Waals surface area (Å²) >= 11 is 0. The quantitative estimate of drug-likeness (QED) is 0.555. The smallest absolute Gasteiger partial charge is 0.237 e. The van der Waals surface area contributed by atoms with Crippen molar-refractivity contribution in [2.45, 2.75) is 52.0 Å². The van der Waals surface area contributed by atoms with Crippen molar-refractivity contribution in [3.8, 4) is 0 Å². The molecule has 0 aromatic heterocycles. The third-order valence-electron chi connectivity index (χ3n) is 3.94. The van der Waals surface area contributed by atoms with Gasteiger partial charge < -0.3 is 5.73 Å². The van der Waals surface area contributed by atoms with Crippen molar-refractivity contribution in [3.05, 3.63) is 0 Å². The van der Waals surface area contributed by atoms with Crippen LogP contribution in [-0.2, 0) is 14.4 Å². The first-order valence-corrected chi connectivity index (χ1v) is 7.02. The van der Waals surface area contributed by atoms with Gasteiger partial charge in [-0.15, -0.1) is 0 Å². The van der Waals surface area contributed by atoms with E-state index in [4.69, 9.17) is 5.73 Å². The molecule has 0 unspecified atom stereocenters. The zero-order chi connectivity index (χ0) is 14.4. The molecule has 0 aliphatic heterocycles. The first-order chi connectivity index (χ1) is 8.99. The lowest BCUT2D eigenvalue weighted by Crippen LogP contribution is -2.48. The molecule has 1 aliphatic carbocycles. The lowest BCUT2D eigenvalue weighted by molar-refractivity contribution is -0.138. The highest BCUT2D eigenvalue weighted by Gasteiger charge is 2.36. The van der Waals surface area contributed by atoms with Gasteiger partial charge >= 0.3 is 0 Å². The summed E-state index contributed by atoms with van der Waals surface area (Å²) in [4.78, 5) is 34.6. The molecule has 2 atom stereocenters. The van der Waals surface area contributed by atoms with Crippen LogP contribution in [-0.4, -0.2) is 24.1 Å². The lowest BCUT2D eigenvalue weighted by atomic mass is 9.77. The second kappa shape index (κ2) is 7.38. The summed E-state index contributed by atoms with van der Waals surface area (Å²) < 4.78 is 0. The van der Waals surface area contributed by atoms with Crippen molar-refractivity contribution in [1.82, 2.24) is 5.32 Å². The molecule has 0 bridgehead atoms. The number of rotatable bonds is 6. The van der Waals surface area contributed by atoms with Crippen molar-refractivity contribution in [2.75, 3.05) is 0 Å². The van der Waals surface area contributed by atoms with Crippen molar-refractivity contribution >= 4 is 18.1 Å². The fourth-order valence-electron chi connectivity index (χ4n) is 2.84. The van der Waals surface area contributed by atoms with Gasteiger partial charge in [0.1, 0.15) is 5.92 Å². The van der Waals surface area contributed by atoms with Crippen LogP contribution >= 0.6 is 0 Å². The van der Waals surface area contributed by atoms with Gasteiger partial charge in [0.25, 0.3) is 0 Å². The third-order valence-corrected chi connectivity index (χ3v) is 3.94. The number of nitrogens with one attached hydrogen (secondary N) is 1. The standard InChI is InChI=1S/C14H24N2O3/c1-9(2)11(14(19)16-8-17)13(18)12(15)10-6-4-3-5-7-10/h8-12H,3-7,15H2,1-2H3,(H,16,17,19)/t11-,12+/m1/s1. The van der Waals surface area contributed by atoms with E-state index in [1.165, 1.54) is 6.42 Å². The van der Waals surface area contributed by atoms with Crippen LogP contribution in [0.4, 0.5) is 0 Å². The average molecular weight is 268 g/mol. The van der Waals surface area contributed by atoms with Gasteiger partial charge in [-0.25, -0.2) is 0 Å². The number of imide groups is 1. The van der Waals surface area contributed by atoms with Crippen molar-refractivity contribution in [2.24, 2.45) is 23.5 Å². The number of ketones is 1. The van der Waals surface area contributed by atoms with Crippen LogP contribution in [0.15, 0.2) is 0 Å². The van der Waals surface area contributed by atoms with Crippen LogP contribution in [0.25, 0.3) is 0 Å². The summed E-state index contributed by atoms with van der Waals surface area (Å²) in [6.07, 6.45) is 5.60. The van der Waals surface area contributed by atoms with Crippen molar-refractivity contribution in [3.63, 3.8) is 0 Å². The minimum absolute atomic E-state index is 0.165. The van der Waals surface area contributed by atoms with E-state index in [0.29, 0.717) is 6.41 Å². The van der Waals surface area contributed by atoms with Crippen molar-refractivity contribution in [1.29, 1.82) is 0 Å². The molecule has 0 radical (unpaired) electrons. The number of amides is 2. The molecule has 1 fully saturated rings. The molecule has 1 saturated carbocycles. The molecular weight excluding hydrogens is 244 g/mol. The minimum atomic E-state index is -0.831. The van der Waals surface area contributed by atoms with E-state index >= 15 is 0 Å². The summed E-state index contributed by atoms with van der Waals surface area (Å²) in [5, 5.41) is 2.07. The molecule has 19 heavy (non-hydrogen) atoms. The molecular formula is C14H24N2O3.